The number of benzene rings is 5. The number of hydrogen-bond donors (Lipinski definition) is 5. The highest BCUT2D eigenvalue weighted by Gasteiger charge is 2.47. The minimum atomic E-state index is -0.820. The number of aliphatic hydroxyl groups is 2. The molecule has 6 aromatic rings. The van der Waals surface area contributed by atoms with Gasteiger partial charge in [-0.25, -0.2) is 0 Å². The molecule has 4 bridgehead atoms. The molecule has 0 amide bonds. The number of ketones is 1. The van der Waals surface area contributed by atoms with Crippen molar-refractivity contribution in [2.75, 3.05) is 51.5 Å². The van der Waals surface area contributed by atoms with Gasteiger partial charge in [0.2, 0.25) is 5.75 Å². The molecule has 4 atom stereocenters. The second-order valence-electron chi connectivity index (χ2n) is 19.8. The smallest absolute Gasteiger partial charge is 0.204 e. The number of hydrogen-bond acceptors (Lipinski definition) is 10. The first-order valence-electron chi connectivity index (χ1n) is 25.7. The van der Waals surface area contributed by atoms with Gasteiger partial charge in [0, 0.05) is 60.8 Å². The molecular formula is C60H67N3O8. The van der Waals surface area contributed by atoms with Crippen molar-refractivity contribution in [2.24, 2.45) is 5.92 Å². The molecule has 1 aromatic heterocycles. The normalized spacial score (nSPS) is 20.3. The van der Waals surface area contributed by atoms with E-state index in [9.17, 15) is 20.1 Å². The van der Waals surface area contributed by atoms with Crippen LogP contribution in [0.2, 0.25) is 0 Å². The Morgan fingerprint density at radius 2 is 1.70 bits per heavy atom. The molecule has 5 aliphatic rings. The molecule has 5 N–H and O–H groups in total. The zero-order valence-corrected chi connectivity index (χ0v) is 41.0. The highest BCUT2D eigenvalue weighted by atomic mass is 16.5. The Morgan fingerprint density at radius 1 is 0.901 bits per heavy atom. The summed E-state index contributed by atoms with van der Waals surface area (Å²) in [6.07, 6.45) is 9.52. The fraction of sp³-hybridized carbons (Fsp3) is 0.383. The topological polar surface area (TPSA) is 146 Å². The number of aliphatic hydroxyl groups excluding tert-OH is 2. The molecule has 370 valence electrons. The molecule has 0 radical (unpaired) electrons. The average Bonchev–Trinajstić information content (AvgIpc) is 4.09. The number of piperazine rings is 1. The van der Waals surface area contributed by atoms with E-state index in [-0.39, 0.29) is 78.6 Å². The number of ether oxygens (including phenoxy) is 4. The standard InChI is InChI=1S/C60H67N3O8/c1-3-46-34-50-44-13-9-12-40(33-44)17-25-49-55-54(51(67)35-52(71-55)43-18-23-47(65)24-19-43)57(69-31-26-48(66)22-16-39-10-5-4-6-11-39)58(68-2)56(49)70-38-42(37-64)32-41-14-20-45(21-15-41)60(27-7-8-28-60)53-36-61-29-30-63(53)59(50)62-46/h4-6,9-16,18-24,33-34,42,48,52-53,61-62,64-66H,3,7-8,17,25-32,35-38H2,1-2H3/b22-16+/t42-,48+,52?,53+/m1/s1. The van der Waals surface area contributed by atoms with Crippen molar-refractivity contribution < 1.29 is 39.1 Å². The van der Waals surface area contributed by atoms with E-state index in [0.717, 1.165) is 66.7 Å². The predicted octanol–water partition coefficient (Wildman–Crippen LogP) is 10.1. The van der Waals surface area contributed by atoms with Crippen LogP contribution in [0, 0.1) is 5.92 Å². The van der Waals surface area contributed by atoms with Crippen LogP contribution in [0.3, 0.4) is 0 Å². The van der Waals surface area contributed by atoms with E-state index in [2.05, 4.69) is 76.7 Å². The van der Waals surface area contributed by atoms with Gasteiger partial charge in [0.05, 0.1) is 38.9 Å². The lowest BCUT2D eigenvalue weighted by molar-refractivity contribution is 0.0834. The van der Waals surface area contributed by atoms with Gasteiger partial charge in [-0.3, -0.25) is 4.79 Å². The zero-order chi connectivity index (χ0) is 48.9. The lowest BCUT2D eigenvalue weighted by atomic mass is 9.71. The molecule has 11 heteroatoms. The summed E-state index contributed by atoms with van der Waals surface area (Å²) in [5.74, 6) is 2.02. The summed E-state index contributed by atoms with van der Waals surface area (Å²) in [5, 5.41) is 36.0. The molecule has 5 heterocycles. The van der Waals surface area contributed by atoms with Gasteiger partial charge in [-0.1, -0.05) is 123 Å². The van der Waals surface area contributed by atoms with Crippen LogP contribution in [0.4, 0.5) is 5.82 Å². The van der Waals surface area contributed by atoms with Crippen molar-refractivity contribution in [3.8, 4) is 39.9 Å². The molecular weight excluding hydrogens is 891 g/mol. The number of aryl methyl sites for hydroxylation is 2. The van der Waals surface area contributed by atoms with Crippen LogP contribution in [-0.4, -0.2) is 84.8 Å². The molecule has 1 aliphatic carbocycles. The van der Waals surface area contributed by atoms with E-state index in [0.29, 0.717) is 36.3 Å². The number of rotatable bonds is 10. The Kier molecular flexibility index (Phi) is 14.5. The number of nitrogens with one attached hydrogen (secondary N) is 2. The third-order valence-electron chi connectivity index (χ3n) is 15.3. The summed E-state index contributed by atoms with van der Waals surface area (Å²) in [5.41, 5.74) is 9.73. The van der Waals surface area contributed by atoms with Gasteiger partial charge in [-0.2, -0.15) is 0 Å². The van der Waals surface area contributed by atoms with E-state index >= 15 is 0 Å². The molecule has 1 saturated carbocycles. The molecule has 1 unspecified atom stereocenters. The quantitative estimate of drug-likeness (QED) is 0.0900. The Morgan fingerprint density at radius 3 is 2.46 bits per heavy atom. The van der Waals surface area contributed by atoms with Crippen LogP contribution in [-0.2, 0) is 31.1 Å². The molecule has 5 aromatic carbocycles. The van der Waals surface area contributed by atoms with Gasteiger partial charge in [-0.05, 0) is 90.1 Å². The number of methoxy groups -OCH3 is 1. The molecule has 2 fully saturated rings. The van der Waals surface area contributed by atoms with Gasteiger partial charge >= 0.3 is 0 Å². The van der Waals surface area contributed by atoms with Gasteiger partial charge in [0.25, 0.3) is 0 Å². The first-order chi connectivity index (χ1) is 34.7. The third-order valence-corrected chi connectivity index (χ3v) is 15.3. The Bertz CT molecular complexity index is 2820. The maximum absolute atomic E-state index is 14.7. The van der Waals surface area contributed by atoms with Crippen LogP contribution in [0.15, 0.2) is 115 Å². The Balaban J connectivity index is 1.08. The second-order valence-corrected chi connectivity index (χ2v) is 19.8. The number of Topliss-reactive ketones (excluding diaryl/α,β-unsaturated/α-hetero) is 1. The van der Waals surface area contributed by atoms with Gasteiger partial charge in [-0.15, -0.1) is 0 Å². The highest BCUT2D eigenvalue weighted by molar-refractivity contribution is 6.04. The van der Waals surface area contributed by atoms with Crippen LogP contribution < -0.4 is 29.2 Å². The predicted molar refractivity (Wildman–Crippen MR) is 278 cm³/mol. The molecule has 71 heavy (non-hydrogen) atoms. The summed E-state index contributed by atoms with van der Waals surface area (Å²) in [4.78, 5) is 21.3. The molecule has 11 nitrogen and oxygen atoms in total. The van der Waals surface area contributed by atoms with E-state index in [4.69, 9.17) is 18.9 Å². The molecule has 4 aliphatic heterocycles. The van der Waals surface area contributed by atoms with E-state index < -0.39 is 12.2 Å². The largest absolute Gasteiger partial charge is 0.508 e. The second kappa shape index (κ2) is 21.4. The maximum Gasteiger partial charge on any atom is 0.204 e. The van der Waals surface area contributed by atoms with Gasteiger partial charge in [0.1, 0.15) is 29.0 Å². The number of aromatic amines is 1. The first kappa shape index (κ1) is 48.1. The minimum Gasteiger partial charge on any atom is -0.508 e. The SMILES string of the molecule is CCc1cc2c([nH]1)N1CCNC[C@H]1C1(CCCC1)c1ccc(cc1)C[C@H](CO)COc1c(c3c(c(OCC[C@@H](O)/C=C/c4ccccc4)c1OC)C(=O)CC(c1ccc(O)cc1)O3)CCc1cccc-2c1. The third kappa shape index (κ3) is 10.1. The number of H-pyrrole nitrogens is 1. The van der Waals surface area contributed by atoms with Crippen molar-refractivity contribution in [2.45, 2.75) is 94.8 Å². The van der Waals surface area contributed by atoms with Crippen LogP contribution in [0.5, 0.6) is 28.7 Å². The number of phenols is 1. The number of phenolic OH excluding ortho intramolecular Hbond substituents is 1. The van der Waals surface area contributed by atoms with E-state index in [1.165, 1.54) is 35.5 Å². The maximum atomic E-state index is 14.7. The van der Waals surface area contributed by atoms with Crippen molar-refractivity contribution in [3.05, 3.63) is 160 Å². The summed E-state index contributed by atoms with van der Waals surface area (Å²) in [7, 11) is 1.55. The average molecular weight is 958 g/mol. The lowest BCUT2D eigenvalue weighted by Crippen LogP contribution is -2.60. The number of aromatic hydroxyl groups is 1. The molecule has 11 rings (SSSR count). The molecule has 1 spiro atoms. The van der Waals surface area contributed by atoms with Crippen LogP contribution in [0.25, 0.3) is 17.2 Å². The Hall–Kier alpha value is -6.53. The lowest BCUT2D eigenvalue weighted by Gasteiger charge is -2.48. The molecule has 1 saturated heterocycles. The first-order valence-corrected chi connectivity index (χ1v) is 25.7. The number of carbonyl (C=O) groups is 1. The fourth-order valence-corrected chi connectivity index (χ4v) is 11.6. The number of nitrogens with zero attached hydrogens (tertiary/aromatic N) is 1. The van der Waals surface area contributed by atoms with Crippen molar-refractivity contribution in [1.29, 1.82) is 0 Å². The van der Waals surface area contributed by atoms with Crippen LogP contribution in [0.1, 0.15) is 101 Å². The van der Waals surface area contributed by atoms with E-state index in [1.54, 1.807) is 37.5 Å². The number of anilines is 1. The van der Waals surface area contributed by atoms with Crippen LogP contribution >= 0.6 is 0 Å². The summed E-state index contributed by atoms with van der Waals surface area (Å²) in [6, 6.07) is 37.0. The zero-order valence-electron chi connectivity index (χ0n) is 41.0. The minimum absolute atomic E-state index is 0.0240. The monoisotopic (exact) mass is 957 g/mol. The summed E-state index contributed by atoms with van der Waals surface area (Å²) < 4.78 is 26.7. The summed E-state index contributed by atoms with van der Waals surface area (Å²) >= 11 is 0. The number of aromatic nitrogens is 1. The number of fused-ring (bicyclic) bond motifs is 7. The van der Waals surface area contributed by atoms with Gasteiger partial charge in [0.15, 0.2) is 17.3 Å². The van der Waals surface area contributed by atoms with E-state index in [1.807, 2.05) is 36.4 Å². The fourth-order valence-electron chi connectivity index (χ4n) is 11.6. The Labute approximate surface area is 417 Å². The highest BCUT2D eigenvalue weighted by Crippen LogP contribution is 2.54. The van der Waals surface area contributed by atoms with Crippen molar-refractivity contribution in [3.63, 3.8) is 0 Å². The van der Waals surface area contributed by atoms with Gasteiger partial charge < -0.3 is 49.5 Å². The van der Waals surface area contributed by atoms with Crippen molar-refractivity contribution >= 4 is 17.7 Å². The summed E-state index contributed by atoms with van der Waals surface area (Å²) in [6.45, 7) is 5.00. The number of carbonyl (C=O) groups excluding carboxylic acids is 1. The van der Waals surface area contributed by atoms with Crippen molar-refractivity contribution in [1.82, 2.24) is 10.3 Å².